The van der Waals surface area contributed by atoms with Crippen LogP contribution in [0.25, 0.3) is 0 Å². The molecule has 0 radical (unpaired) electrons. The molecule has 1 aliphatic rings. The Hall–Kier alpha value is -1.24. The molecule has 2 unspecified atom stereocenters. The highest BCUT2D eigenvalue weighted by Crippen LogP contribution is 2.14. The maximum absolute atomic E-state index is 12.3. The fourth-order valence-corrected chi connectivity index (χ4v) is 3.19. The van der Waals surface area contributed by atoms with Crippen LogP contribution >= 0.6 is 11.6 Å². The summed E-state index contributed by atoms with van der Waals surface area (Å²) in [4.78, 5) is 16.3. The van der Waals surface area contributed by atoms with Gasteiger partial charge in [0, 0.05) is 51.2 Å². The molecule has 1 aromatic rings. The van der Waals surface area contributed by atoms with Gasteiger partial charge >= 0.3 is 6.03 Å². The number of rotatable bonds is 5. The molecule has 23 heavy (non-hydrogen) atoms. The Morgan fingerprint density at radius 3 is 2.96 bits per heavy atom. The normalized spacial score (nSPS) is 20.3. The Kier molecular flexibility index (Phi) is 6.33. The van der Waals surface area contributed by atoms with E-state index in [4.69, 9.17) is 16.3 Å². The van der Waals surface area contributed by atoms with Crippen molar-refractivity contribution in [2.75, 3.05) is 33.4 Å². The third kappa shape index (κ3) is 4.86. The second kappa shape index (κ2) is 8.04. The molecule has 7 heteroatoms. The smallest absolute Gasteiger partial charge is 0.317 e. The van der Waals surface area contributed by atoms with Crippen molar-refractivity contribution in [2.45, 2.75) is 32.5 Å². The first-order valence-corrected chi connectivity index (χ1v) is 8.39. The minimum atomic E-state index is -0.0740. The Bertz CT molecular complexity index is 534. The Labute approximate surface area is 143 Å². The lowest BCUT2D eigenvalue weighted by molar-refractivity contribution is -0.0177. The number of aromatic nitrogens is 1. The average molecular weight is 343 g/mol. The lowest BCUT2D eigenvalue weighted by Crippen LogP contribution is -2.52. The van der Waals surface area contributed by atoms with Crippen LogP contribution in [0.3, 0.4) is 0 Å². The van der Waals surface area contributed by atoms with Crippen LogP contribution in [0.1, 0.15) is 19.5 Å². The molecule has 1 aromatic heterocycles. The summed E-state index contributed by atoms with van der Waals surface area (Å²) in [5.74, 6) is 0. The van der Waals surface area contributed by atoms with E-state index in [1.165, 1.54) is 0 Å². The van der Waals surface area contributed by atoms with Crippen LogP contribution in [0.4, 0.5) is 4.79 Å². The van der Waals surface area contributed by atoms with Crippen molar-refractivity contribution in [2.24, 2.45) is 7.05 Å². The third-order valence-electron chi connectivity index (χ3n) is 4.35. The second-order valence-corrected chi connectivity index (χ2v) is 6.75. The maximum atomic E-state index is 12.3. The van der Waals surface area contributed by atoms with E-state index in [1.807, 2.05) is 23.9 Å². The Morgan fingerprint density at radius 2 is 2.35 bits per heavy atom. The topological polar surface area (TPSA) is 49.7 Å². The number of carbonyl (C=O) groups is 1. The number of halogens is 1. The predicted molar refractivity (Wildman–Crippen MR) is 91.7 cm³/mol. The van der Waals surface area contributed by atoms with Crippen molar-refractivity contribution in [1.29, 1.82) is 0 Å². The number of hydrogen-bond acceptors (Lipinski definition) is 3. The molecule has 2 heterocycles. The van der Waals surface area contributed by atoms with Crippen LogP contribution in [0.5, 0.6) is 0 Å². The lowest BCUT2D eigenvalue weighted by Gasteiger charge is -2.38. The van der Waals surface area contributed by atoms with Crippen molar-refractivity contribution >= 4 is 17.6 Å². The zero-order valence-corrected chi connectivity index (χ0v) is 15.1. The van der Waals surface area contributed by atoms with Gasteiger partial charge in [-0.3, -0.25) is 4.90 Å². The fraction of sp³-hybridized carbons (Fsp3) is 0.688. The first-order chi connectivity index (χ1) is 10.9. The van der Waals surface area contributed by atoms with E-state index in [0.717, 1.165) is 25.5 Å². The molecule has 2 atom stereocenters. The van der Waals surface area contributed by atoms with Crippen LogP contribution in [-0.4, -0.2) is 65.8 Å². The third-order valence-corrected chi connectivity index (χ3v) is 4.56. The number of morpholine rings is 1. The highest BCUT2D eigenvalue weighted by molar-refractivity contribution is 6.30. The van der Waals surface area contributed by atoms with Crippen LogP contribution in [0.2, 0.25) is 5.02 Å². The van der Waals surface area contributed by atoms with Crippen LogP contribution in [0.15, 0.2) is 12.3 Å². The first-order valence-electron chi connectivity index (χ1n) is 8.01. The number of ether oxygens (including phenoxy) is 1. The molecule has 0 aliphatic carbocycles. The van der Waals surface area contributed by atoms with E-state index in [0.29, 0.717) is 24.2 Å². The van der Waals surface area contributed by atoms with Gasteiger partial charge in [-0.15, -0.1) is 0 Å². The second-order valence-electron chi connectivity index (χ2n) is 6.31. The molecular formula is C16H27ClN4O2. The van der Waals surface area contributed by atoms with E-state index in [-0.39, 0.29) is 12.1 Å². The predicted octanol–water partition coefficient (Wildman–Crippen LogP) is 1.93. The van der Waals surface area contributed by atoms with Crippen molar-refractivity contribution in [3.63, 3.8) is 0 Å². The highest BCUT2D eigenvalue weighted by atomic mass is 35.5. The molecule has 130 valence electrons. The summed E-state index contributed by atoms with van der Waals surface area (Å²) in [6, 6.07) is 2.48. The summed E-state index contributed by atoms with van der Waals surface area (Å²) in [6.45, 7) is 7.87. The number of urea groups is 1. The van der Waals surface area contributed by atoms with Gasteiger partial charge in [-0.2, -0.15) is 0 Å². The van der Waals surface area contributed by atoms with Crippen LogP contribution in [0, 0.1) is 0 Å². The molecule has 1 fully saturated rings. The van der Waals surface area contributed by atoms with E-state index >= 15 is 0 Å². The molecule has 0 aromatic carbocycles. The van der Waals surface area contributed by atoms with Gasteiger partial charge in [0.05, 0.1) is 24.8 Å². The largest absolute Gasteiger partial charge is 0.379 e. The Morgan fingerprint density at radius 1 is 1.61 bits per heavy atom. The standard InChI is InChI=1S/C16H27ClN4O2/c1-12(21-5-6-23-11-13(21)2)8-18-16(22)20(4)10-15-7-14(17)9-19(15)3/h7,9,12-13H,5-6,8,10-11H2,1-4H3,(H,18,22). The molecular weight excluding hydrogens is 316 g/mol. The van der Waals surface area contributed by atoms with Gasteiger partial charge in [0.1, 0.15) is 0 Å². The molecule has 2 rings (SSSR count). The molecule has 0 spiro atoms. The number of nitrogens with zero attached hydrogens (tertiary/aromatic N) is 3. The maximum Gasteiger partial charge on any atom is 0.317 e. The summed E-state index contributed by atoms with van der Waals surface area (Å²) in [7, 11) is 3.72. The summed E-state index contributed by atoms with van der Waals surface area (Å²) in [5, 5.41) is 3.70. The number of carbonyl (C=O) groups excluding carboxylic acids is 1. The van der Waals surface area contributed by atoms with Crippen molar-refractivity contribution in [3.05, 3.63) is 23.0 Å². The van der Waals surface area contributed by atoms with E-state index < -0.39 is 0 Å². The molecule has 0 bridgehead atoms. The summed E-state index contributed by atoms with van der Waals surface area (Å²) < 4.78 is 7.39. The number of aryl methyl sites for hydroxylation is 1. The zero-order chi connectivity index (χ0) is 17.0. The molecule has 2 amide bonds. The van der Waals surface area contributed by atoms with E-state index in [9.17, 15) is 4.79 Å². The molecule has 1 saturated heterocycles. The van der Waals surface area contributed by atoms with E-state index in [2.05, 4.69) is 24.1 Å². The van der Waals surface area contributed by atoms with Gasteiger partial charge in [-0.05, 0) is 19.9 Å². The summed E-state index contributed by atoms with van der Waals surface area (Å²) in [6.07, 6.45) is 1.84. The highest BCUT2D eigenvalue weighted by Gasteiger charge is 2.24. The van der Waals surface area contributed by atoms with Gasteiger partial charge in [0.2, 0.25) is 0 Å². The van der Waals surface area contributed by atoms with Crippen molar-refractivity contribution in [3.8, 4) is 0 Å². The van der Waals surface area contributed by atoms with Gasteiger partial charge in [0.15, 0.2) is 0 Å². The van der Waals surface area contributed by atoms with Crippen LogP contribution in [-0.2, 0) is 18.3 Å². The van der Waals surface area contributed by atoms with Gasteiger partial charge < -0.3 is 19.5 Å². The number of amides is 2. The monoisotopic (exact) mass is 342 g/mol. The molecule has 6 nitrogen and oxygen atoms in total. The van der Waals surface area contributed by atoms with Gasteiger partial charge in [-0.1, -0.05) is 11.6 Å². The van der Waals surface area contributed by atoms with Crippen molar-refractivity contribution in [1.82, 2.24) is 19.7 Å². The van der Waals surface area contributed by atoms with E-state index in [1.54, 1.807) is 11.9 Å². The van der Waals surface area contributed by atoms with Gasteiger partial charge in [0.25, 0.3) is 0 Å². The molecule has 1 N–H and O–H groups in total. The lowest BCUT2D eigenvalue weighted by atomic mass is 10.2. The minimum absolute atomic E-state index is 0.0740. The molecule has 1 aliphatic heterocycles. The minimum Gasteiger partial charge on any atom is -0.379 e. The fourth-order valence-electron chi connectivity index (χ4n) is 2.92. The summed E-state index contributed by atoms with van der Waals surface area (Å²) in [5.41, 5.74) is 1.00. The Balaban J connectivity index is 1.80. The zero-order valence-electron chi connectivity index (χ0n) is 14.4. The average Bonchev–Trinajstić information content (AvgIpc) is 2.82. The first kappa shape index (κ1) is 18.1. The number of nitrogens with one attached hydrogen (secondary N) is 1. The van der Waals surface area contributed by atoms with Gasteiger partial charge in [-0.25, -0.2) is 4.79 Å². The quantitative estimate of drug-likeness (QED) is 0.889. The number of hydrogen-bond donors (Lipinski definition) is 1. The van der Waals surface area contributed by atoms with Crippen molar-refractivity contribution < 1.29 is 9.53 Å². The van der Waals surface area contributed by atoms with Crippen LogP contribution < -0.4 is 5.32 Å². The SMILES string of the molecule is CC(CNC(=O)N(C)Cc1cc(Cl)cn1C)N1CCOCC1C. The summed E-state index contributed by atoms with van der Waals surface area (Å²) >= 11 is 5.98. The molecule has 0 saturated carbocycles.